The van der Waals surface area contributed by atoms with E-state index in [0.717, 1.165) is 23.3 Å². The Labute approximate surface area is 148 Å². The molecule has 130 valence electrons. The second kappa shape index (κ2) is 9.37. The van der Waals surface area contributed by atoms with E-state index < -0.39 is 0 Å². The summed E-state index contributed by atoms with van der Waals surface area (Å²) < 4.78 is 11.2. The summed E-state index contributed by atoms with van der Waals surface area (Å²) in [5, 5.41) is 0. The molecule has 5 nitrogen and oxygen atoms in total. The number of pyridine rings is 1. The quantitative estimate of drug-likeness (QED) is 0.661. The van der Waals surface area contributed by atoms with Crippen LogP contribution in [0.4, 0.5) is 0 Å². The molecule has 0 aliphatic rings. The van der Waals surface area contributed by atoms with Crippen LogP contribution < -0.4 is 9.47 Å². The number of hydrogen-bond acceptors (Lipinski definition) is 5. The van der Waals surface area contributed by atoms with Gasteiger partial charge in [-0.15, -0.1) is 0 Å². The molecule has 2 heterocycles. The molecule has 0 aliphatic heterocycles. The topological polar surface area (TPSA) is 57.1 Å². The van der Waals surface area contributed by atoms with E-state index in [9.17, 15) is 0 Å². The zero-order chi connectivity index (χ0) is 18.1. The largest absolute Gasteiger partial charge is 0.480 e. The van der Waals surface area contributed by atoms with Gasteiger partial charge in [0.15, 0.2) is 0 Å². The first-order valence-corrected chi connectivity index (χ1v) is 8.38. The van der Waals surface area contributed by atoms with E-state index in [1.165, 1.54) is 11.9 Å². The zero-order valence-electron chi connectivity index (χ0n) is 15.1. The SMILES string of the molecule is CC.CCc1ccc(Oc2ncccc2-c2cncnc2OC)cc1. The normalized spacial score (nSPS) is 9.76. The average molecular weight is 337 g/mol. The standard InChI is InChI=1S/C18H17N3O2.C2H6/c1-3-13-6-8-14(9-7-13)23-18-15(5-4-10-20-18)16-11-19-12-21-17(16)22-2;1-2/h4-12H,3H2,1-2H3;1-2H3. The van der Waals surface area contributed by atoms with Crippen LogP contribution in [0, 0.1) is 0 Å². The predicted octanol–water partition coefficient (Wildman–Crippen LogP) is 4.93. The molecule has 25 heavy (non-hydrogen) atoms. The zero-order valence-corrected chi connectivity index (χ0v) is 15.1. The van der Waals surface area contributed by atoms with Crippen molar-refractivity contribution in [2.45, 2.75) is 27.2 Å². The number of ether oxygens (including phenoxy) is 2. The lowest BCUT2D eigenvalue weighted by Crippen LogP contribution is -1.96. The van der Waals surface area contributed by atoms with Crippen LogP contribution in [-0.4, -0.2) is 22.1 Å². The molecule has 0 bridgehead atoms. The molecule has 0 radical (unpaired) electrons. The van der Waals surface area contributed by atoms with Gasteiger partial charge in [0.1, 0.15) is 12.1 Å². The second-order valence-corrected chi connectivity index (χ2v) is 4.90. The molecular formula is C20H23N3O2. The number of benzene rings is 1. The van der Waals surface area contributed by atoms with Gasteiger partial charge in [0.05, 0.1) is 18.2 Å². The summed E-state index contributed by atoms with van der Waals surface area (Å²) in [5.41, 5.74) is 2.78. The molecule has 0 saturated heterocycles. The van der Waals surface area contributed by atoms with Gasteiger partial charge in [-0.2, -0.15) is 0 Å². The third-order valence-corrected chi connectivity index (χ3v) is 3.48. The summed E-state index contributed by atoms with van der Waals surface area (Å²) >= 11 is 0. The van der Waals surface area contributed by atoms with Crippen molar-refractivity contribution in [3.8, 4) is 28.6 Å². The summed E-state index contributed by atoms with van der Waals surface area (Å²) in [5.74, 6) is 1.71. The predicted molar refractivity (Wildman–Crippen MR) is 99.1 cm³/mol. The van der Waals surface area contributed by atoms with Crippen LogP contribution in [0.2, 0.25) is 0 Å². The van der Waals surface area contributed by atoms with Gasteiger partial charge < -0.3 is 9.47 Å². The Morgan fingerprint density at radius 1 is 0.920 bits per heavy atom. The highest BCUT2D eigenvalue weighted by Crippen LogP contribution is 2.35. The maximum absolute atomic E-state index is 5.94. The van der Waals surface area contributed by atoms with E-state index in [1.54, 1.807) is 19.5 Å². The molecule has 0 atom stereocenters. The first-order chi connectivity index (χ1) is 12.3. The minimum absolute atomic E-state index is 0.485. The van der Waals surface area contributed by atoms with E-state index in [-0.39, 0.29) is 0 Å². The Hall–Kier alpha value is -2.95. The lowest BCUT2D eigenvalue weighted by molar-refractivity contribution is 0.398. The summed E-state index contributed by atoms with van der Waals surface area (Å²) in [6, 6.07) is 11.7. The Morgan fingerprint density at radius 3 is 2.36 bits per heavy atom. The molecule has 0 N–H and O–H groups in total. The highest BCUT2D eigenvalue weighted by Gasteiger charge is 2.14. The third-order valence-electron chi connectivity index (χ3n) is 3.48. The van der Waals surface area contributed by atoms with Crippen molar-refractivity contribution < 1.29 is 9.47 Å². The van der Waals surface area contributed by atoms with Gasteiger partial charge in [-0.05, 0) is 36.2 Å². The fourth-order valence-electron chi connectivity index (χ4n) is 2.25. The van der Waals surface area contributed by atoms with Crippen LogP contribution >= 0.6 is 0 Å². The number of hydrogen-bond donors (Lipinski definition) is 0. The second-order valence-electron chi connectivity index (χ2n) is 4.90. The van der Waals surface area contributed by atoms with Crippen molar-refractivity contribution in [1.29, 1.82) is 0 Å². The smallest absolute Gasteiger partial charge is 0.227 e. The van der Waals surface area contributed by atoms with Crippen molar-refractivity contribution in [2.24, 2.45) is 0 Å². The van der Waals surface area contributed by atoms with Crippen LogP contribution in [0.25, 0.3) is 11.1 Å². The number of rotatable bonds is 5. The Balaban J connectivity index is 0.00000109. The highest BCUT2D eigenvalue weighted by molar-refractivity contribution is 5.72. The molecule has 2 aromatic heterocycles. The summed E-state index contributed by atoms with van der Waals surface area (Å²) in [4.78, 5) is 12.5. The highest BCUT2D eigenvalue weighted by atomic mass is 16.5. The van der Waals surface area contributed by atoms with Crippen LogP contribution in [-0.2, 0) is 6.42 Å². The van der Waals surface area contributed by atoms with Crippen molar-refractivity contribution in [2.75, 3.05) is 7.11 Å². The van der Waals surface area contributed by atoms with Gasteiger partial charge in [-0.1, -0.05) is 32.9 Å². The van der Waals surface area contributed by atoms with E-state index in [4.69, 9.17) is 9.47 Å². The maximum Gasteiger partial charge on any atom is 0.227 e. The monoisotopic (exact) mass is 337 g/mol. The van der Waals surface area contributed by atoms with Crippen molar-refractivity contribution in [3.05, 3.63) is 60.7 Å². The first kappa shape index (κ1) is 18.4. The molecule has 3 aromatic rings. The lowest BCUT2D eigenvalue weighted by Gasteiger charge is -2.11. The van der Waals surface area contributed by atoms with Crippen LogP contribution in [0.5, 0.6) is 17.5 Å². The van der Waals surface area contributed by atoms with Gasteiger partial charge in [0.25, 0.3) is 0 Å². The molecule has 5 heteroatoms. The molecule has 0 amide bonds. The summed E-state index contributed by atoms with van der Waals surface area (Å²) in [7, 11) is 1.58. The fraction of sp³-hybridized carbons (Fsp3) is 0.250. The molecule has 0 saturated carbocycles. The van der Waals surface area contributed by atoms with Crippen molar-refractivity contribution >= 4 is 0 Å². The summed E-state index contributed by atoms with van der Waals surface area (Å²) in [6.45, 7) is 6.12. The average Bonchev–Trinajstić information content (AvgIpc) is 2.70. The van der Waals surface area contributed by atoms with Gasteiger partial charge in [-0.3, -0.25) is 0 Å². The van der Waals surface area contributed by atoms with Gasteiger partial charge in [0, 0.05) is 12.4 Å². The minimum atomic E-state index is 0.485. The Kier molecular flexibility index (Phi) is 6.89. The van der Waals surface area contributed by atoms with Crippen LogP contribution in [0.15, 0.2) is 55.1 Å². The van der Waals surface area contributed by atoms with E-state index >= 15 is 0 Å². The number of aryl methyl sites for hydroxylation is 1. The van der Waals surface area contributed by atoms with Gasteiger partial charge in [-0.25, -0.2) is 15.0 Å². The maximum atomic E-state index is 5.94. The molecule has 3 rings (SSSR count). The molecule has 1 aromatic carbocycles. The lowest BCUT2D eigenvalue weighted by atomic mass is 10.1. The molecule has 0 unspecified atom stereocenters. The minimum Gasteiger partial charge on any atom is -0.480 e. The van der Waals surface area contributed by atoms with Gasteiger partial charge >= 0.3 is 0 Å². The number of nitrogens with zero attached hydrogens (tertiary/aromatic N) is 3. The van der Waals surface area contributed by atoms with Crippen molar-refractivity contribution in [3.63, 3.8) is 0 Å². The van der Waals surface area contributed by atoms with Crippen LogP contribution in [0.3, 0.4) is 0 Å². The molecule has 0 spiro atoms. The van der Waals surface area contributed by atoms with E-state index in [1.807, 2.05) is 50.2 Å². The number of methoxy groups -OCH3 is 1. The number of aromatic nitrogens is 3. The molecule has 0 fully saturated rings. The molecular weight excluding hydrogens is 314 g/mol. The van der Waals surface area contributed by atoms with Crippen LogP contribution in [0.1, 0.15) is 26.3 Å². The first-order valence-electron chi connectivity index (χ1n) is 8.38. The Morgan fingerprint density at radius 2 is 1.68 bits per heavy atom. The fourth-order valence-corrected chi connectivity index (χ4v) is 2.25. The Bertz CT molecular complexity index is 789. The molecule has 0 aliphatic carbocycles. The van der Waals surface area contributed by atoms with E-state index in [0.29, 0.717) is 11.8 Å². The summed E-state index contributed by atoms with van der Waals surface area (Å²) in [6.07, 6.45) is 5.82. The van der Waals surface area contributed by atoms with E-state index in [2.05, 4.69) is 21.9 Å². The third kappa shape index (κ3) is 4.53. The van der Waals surface area contributed by atoms with Crippen molar-refractivity contribution in [1.82, 2.24) is 15.0 Å². The van der Waals surface area contributed by atoms with Gasteiger partial charge in [0.2, 0.25) is 11.8 Å².